The number of hydrogen-bond acceptors (Lipinski definition) is 5. The van der Waals surface area contributed by atoms with E-state index in [1.165, 1.54) is 12.1 Å². The van der Waals surface area contributed by atoms with Gasteiger partial charge in [-0.2, -0.15) is 0 Å². The minimum absolute atomic E-state index is 0. The molecule has 27 heavy (non-hydrogen) atoms. The molecule has 0 aliphatic carbocycles. The normalized spacial score (nSPS) is 20.5. The largest absolute Gasteiger partial charge is 0.334 e. The van der Waals surface area contributed by atoms with Crippen molar-refractivity contribution in [3.8, 4) is 0 Å². The summed E-state index contributed by atoms with van der Waals surface area (Å²) in [7, 11) is -3.91. The van der Waals surface area contributed by atoms with Gasteiger partial charge >= 0.3 is 0 Å². The van der Waals surface area contributed by atoms with E-state index >= 15 is 0 Å². The van der Waals surface area contributed by atoms with Crippen molar-refractivity contribution >= 4 is 34.2 Å². The van der Waals surface area contributed by atoms with Crippen LogP contribution in [0.5, 0.6) is 0 Å². The Balaban J connectivity index is 0.00000261. The number of halogens is 1. The Labute approximate surface area is 166 Å². The zero-order valence-corrected chi connectivity index (χ0v) is 17.4. The fourth-order valence-corrected chi connectivity index (χ4v) is 5.45. The third-order valence-corrected chi connectivity index (χ3v) is 6.86. The van der Waals surface area contributed by atoms with Gasteiger partial charge < -0.3 is 10.2 Å². The van der Waals surface area contributed by atoms with Crippen LogP contribution in [0.25, 0.3) is 0 Å². The predicted octanol–water partition coefficient (Wildman–Crippen LogP) is 1.88. The third kappa shape index (κ3) is 3.70. The van der Waals surface area contributed by atoms with Gasteiger partial charge in [0, 0.05) is 30.7 Å². The van der Waals surface area contributed by atoms with Gasteiger partial charge in [-0.05, 0) is 51.4 Å². The topological polar surface area (TPSA) is 86.8 Å². The Kier molecular flexibility index (Phi) is 6.55. The number of hydrogen-bond donors (Lipinski definition) is 1. The molecule has 0 radical (unpaired) electrons. The summed E-state index contributed by atoms with van der Waals surface area (Å²) < 4.78 is 26.4. The average molecular weight is 416 g/mol. The van der Waals surface area contributed by atoms with E-state index in [-0.39, 0.29) is 34.8 Å². The number of nitrogens with zero attached hydrogens (tertiary/aromatic N) is 2. The van der Waals surface area contributed by atoms with E-state index in [0.717, 1.165) is 30.2 Å². The highest BCUT2D eigenvalue weighted by Crippen LogP contribution is 2.33. The molecule has 1 saturated heterocycles. The molecule has 1 atom stereocenters. The molecule has 0 aromatic heterocycles. The second-order valence-corrected chi connectivity index (χ2v) is 8.84. The molecule has 1 aromatic rings. The highest BCUT2D eigenvalue weighted by Gasteiger charge is 2.43. The molecular weight excluding hydrogens is 390 g/mol. The van der Waals surface area contributed by atoms with E-state index in [0.29, 0.717) is 12.1 Å². The Morgan fingerprint density at radius 1 is 1.37 bits per heavy atom. The van der Waals surface area contributed by atoms with Gasteiger partial charge in [0.25, 0.3) is 21.8 Å². The van der Waals surface area contributed by atoms with E-state index in [9.17, 15) is 18.0 Å². The number of fused-ring (bicyclic) bond motifs is 1. The van der Waals surface area contributed by atoms with Crippen molar-refractivity contribution in [2.24, 2.45) is 0 Å². The number of rotatable bonds is 5. The second kappa shape index (κ2) is 8.16. The van der Waals surface area contributed by atoms with Crippen LogP contribution in [0.4, 0.5) is 0 Å². The molecule has 1 aromatic carbocycles. The summed E-state index contributed by atoms with van der Waals surface area (Å²) in [4.78, 5) is 27.2. The molecule has 9 heteroatoms. The molecule has 0 bridgehead atoms. The molecule has 7 nitrogen and oxygen atoms in total. The Hall–Kier alpha value is -1.64. The first-order valence-electron chi connectivity index (χ1n) is 9.03. The zero-order valence-electron chi connectivity index (χ0n) is 15.8. The van der Waals surface area contributed by atoms with Crippen LogP contribution in [0, 0.1) is 0 Å². The number of sulfonamides is 1. The third-order valence-electron chi connectivity index (χ3n) is 4.87. The first kappa shape index (κ1) is 21.7. The number of benzene rings is 1. The van der Waals surface area contributed by atoms with Crippen LogP contribution >= 0.6 is 12.4 Å². The molecule has 0 saturated carbocycles. The molecular formula is C18H26ClN3O4S. The lowest BCUT2D eigenvalue weighted by Crippen LogP contribution is -2.42. The molecule has 1 fully saturated rings. The highest BCUT2D eigenvalue weighted by atomic mass is 35.5. The van der Waals surface area contributed by atoms with Crippen LogP contribution in [-0.2, 0) is 10.0 Å². The summed E-state index contributed by atoms with van der Waals surface area (Å²) in [5.41, 5.74) is 0.450. The maximum absolute atomic E-state index is 13.0. The number of amides is 2. The van der Waals surface area contributed by atoms with Crippen LogP contribution in [0.3, 0.4) is 0 Å². The van der Waals surface area contributed by atoms with Crippen LogP contribution in [-0.4, -0.2) is 61.2 Å². The molecule has 2 heterocycles. The number of nitrogens with one attached hydrogen (secondary N) is 1. The van der Waals surface area contributed by atoms with E-state index in [4.69, 9.17) is 0 Å². The minimum Gasteiger partial charge on any atom is -0.334 e. The molecule has 2 aliphatic rings. The standard InChI is InChI=1S/C18H25N3O4S.ClH/c1-4-9-20(14-7-8-19-11-14)17(22)13-5-6-15-16(10-13)26(24,25)21(12(2)3)18(15)23;/h5-6,10,12,14,19H,4,7-9,11H2,1-3H3;1H. The average Bonchev–Trinajstić information content (AvgIpc) is 3.18. The van der Waals surface area contributed by atoms with Gasteiger partial charge in [-0.1, -0.05) is 6.92 Å². The Morgan fingerprint density at radius 3 is 2.63 bits per heavy atom. The molecule has 3 rings (SSSR count). The van der Waals surface area contributed by atoms with Crippen LogP contribution < -0.4 is 5.32 Å². The second-order valence-electron chi connectivity index (χ2n) is 7.06. The molecule has 150 valence electrons. The van der Waals surface area contributed by atoms with Crippen molar-refractivity contribution in [3.05, 3.63) is 29.3 Å². The van der Waals surface area contributed by atoms with Crippen molar-refractivity contribution in [1.82, 2.24) is 14.5 Å². The maximum Gasteiger partial charge on any atom is 0.269 e. The lowest BCUT2D eigenvalue weighted by atomic mass is 10.1. The molecule has 2 aliphatic heterocycles. The summed E-state index contributed by atoms with van der Waals surface area (Å²) in [5.74, 6) is -0.714. The minimum atomic E-state index is -3.91. The van der Waals surface area contributed by atoms with E-state index in [2.05, 4.69) is 5.32 Å². The van der Waals surface area contributed by atoms with Gasteiger partial charge in [-0.3, -0.25) is 9.59 Å². The first-order chi connectivity index (χ1) is 12.3. The summed E-state index contributed by atoms with van der Waals surface area (Å²) in [6.07, 6.45) is 1.71. The summed E-state index contributed by atoms with van der Waals surface area (Å²) in [6, 6.07) is 4.02. The quantitative estimate of drug-likeness (QED) is 0.793. The first-order valence-corrected chi connectivity index (χ1v) is 10.5. The predicted molar refractivity (Wildman–Crippen MR) is 105 cm³/mol. The van der Waals surface area contributed by atoms with Crippen molar-refractivity contribution in [2.45, 2.75) is 50.6 Å². The maximum atomic E-state index is 13.0. The van der Waals surface area contributed by atoms with Crippen molar-refractivity contribution in [1.29, 1.82) is 0 Å². The molecule has 0 spiro atoms. The van der Waals surface area contributed by atoms with Crippen LogP contribution in [0.2, 0.25) is 0 Å². The summed E-state index contributed by atoms with van der Waals surface area (Å²) in [5, 5.41) is 3.26. The smallest absolute Gasteiger partial charge is 0.269 e. The SMILES string of the molecule is CCCN(C(=O)c1ccc2c(c1)S(=O)(=O)N(C(C)C)C2=O)C1CCNC1.Cl. The van der Waals surface area contributed by atoms with E-state index < -0.39 is 22.0 Å². The Morgan fingerprint density at radius 2 is 2.07 bits per heavy atom. The Bertz CT molecular complexity index is 835. The fourth-order valence-electron chi connectivity index (χ4n) is 3.65. The van der Waals surface area contributed by atoms with E-state index in [1.54, 1.807) is 19.9 Å². The summed E-state index contributed by atoms with van der Waals surface area (Å²) >= 11 is 0. The van der Waals surface area contributed by atoms with Gasteiger partial charge in [-0.15, -0.1) is 12.4 Å². The van der Waals surface area contributed by atoms with Gasteiger partial charge in [0.1, 0.15) is 4.90 Å². The van der Waals surface area contributed by atoms with Crippen LogP contribution in [0.1, 0.15) is 54.3 Å². The van der Waals surface area contributed by atoms with Gasteiger partial charge in [0.15, 0.2) is 0 Å². The van der Waals surface area contributed by atoms with Crippen LogP contribution in [0.15, 0.2) is 23.1 Å². The lowest BCUT2D eigenvalue weighted by Gasteiger charge is -2.28. The fraction of sp³-hybridized carbons (Fsp3) is 0.556. The monoisotopic (exact) mass is 415 g/mol. The van der Waals surface area contributed by atoms with Crippen molar-refractivity contribution in [2.75, 3.05) is 19.6 Å². The number of carbonyl (C=O) groups is 2. The van der Waals surface area contributed by atoms with Gasteiger partial charge in [-0.25, -0.2) is 12.7 Å². The molecule has 1 N–H and O–H groups in total. The van der Waals surface area contributed by atoms with Gasteiger partial charge in [0.2, 0.25) is 0 Å². The highest BCUT2D eigenvalue weighted by molar-refractivity contribution is 7.90. The summed E-state index contributed by atoms with van der Waals surface area (Å²) in [6.45, 7) is 7.55. The van der Waals surface area contributed by atoms with E-state index in [1.807, 2.05) is 11.8 Å². The van der Waals surface area contributed by atoms with Gasteiger partial charge in [0.05, 0.1) is 5.56 Å². The molecule has 2 amide bonds. The number of carbonyl (C=O) groups excluding carboxylic acids is 2. The van der Waals surface area contributed by atoms with Crippen molar-refractivity contribution in [3.63, 3.8) is 0 Å². The lowest BCUT2D eigenvalue weighted by molar-refractivity contribution is 0.0691. The van der Waals surface area contributed by atoms with Crippen molar-refractivity contribution < 1.29 is 18.0 Å². The molecule has 1 unspecified atom stereocenters. The zero-order chi connectivity index (χ0) is 19.1.